The Morgan fingerprint density at radius 2 is 1.09 bits per heavy atom. The average Bonchev–Trinajstić information content (AvgIpc) is 3.02. The lowest BCUT2D eigenvalue weighted by Crippen LogP contribution is -2.40. The van der Waals surface area contributed by atoms with Gasteiger partial charge in [0.25, 0.3) is 0 Å². The molecular formula is C22H32Si. The number of hydrogen-bond donors (Lipinski definition) is 0. The monoisotopic (exact) mass is 324 g/mol. The Morgan fingerprint density at radius 1 is 0.696 bits per heavy atom. The van der Waals surface area contributed by atoms with Gasteiger partial charge in [-0.15, -0.1) is 0 Å². The highest BCUT2D eigenvalue weighted by Crippen LogP contribution is 2.58. The number of rotatable bonds is 2. The third kappa shape index (κ3) is 2.38. The molecule has 4 rings (SSSR count). The zero-order valence-electron chi connectivity index (χ0n) is 15.5. The van der Waals surface area contributed by atoms with E-state index >= 15 is 0 Å². The fourth-order valence-electron chi connectivity index (χ4n) is 6.40. The van der Waals surface area contributed by atoms with Crippen molar-refractivity contribution in [2.75, 3.05) is 0 Å². The summed E-state index contributed by atoms with van der Waals surface area (Å²) in [5.41, 5.74) is 12.2. The Labute approximate surface area is 143 Å². The van der Waals surface area contributed by atoms with Gasteiger partial charge in [-0.1, -0.05) is 47.5 Å². The fourth-order valence-corrected chi connectivity index (χ4v) is 11.7. The van der Waals surface area contributed by atoms with E-state index in [-0.39, 0.29) is 0 Å². The molecule has 124 valence electrons. The first-order chi connectivity index (χ1) is 11.0. The van der Waals surface area contributed by atoms with Gasteiger partial charge in [-0.05, 0) is 87.4 Å². The summed E-state index contributed by atoms with van der Waals surface area (Å²) in [6.45, 7) is 10.3. The van der Waals surface area contributed by atoms with E-state index in [4.69, 9.17) is 0 Å². The van der Waals surface area contributed by atoms with Crippen molar-refractivity contribution in [2.45, 2.75) is 89.4 Å². The second-order valence-corrected chi connectivity index (χ2v) is 13.8. The molecule has 0 unspecified atom stereocenters. The predicted octanol–water partition coefficient (Wildman–Crippen LogP) is 7.10. The molecule has 0 aromatic heterocycles. The topological polar surface area (TPSA) is 0 Å². The Morgan fingerprint density at radius 3 is 1.52 bits per heavy atom. The van der Waals surface area contributed by atoms with E-state index in [0.29, 0.717) is 0 Å². The van der Waals surface area contributed by atoms with E-state index < -0.39 is 8.07 Å². The molecule has 4 aliphatic carbocycles. The van der Waals surface area contributed by atoms with Gasteiger partial charge < -0.3 is 0 Å². The lowest BCUT2D eigenvalue weighted by Gasteiger charge is -2.42. The molecular weight excluding hydrogens is 292 g/mol. The van der Waals surface area contributed by atoms with Gasteiger partial charge in [0.05, 0.1) is 8.07 Å². The molecule has 0 aromatic rings. The van der Waals surface area contributed by atoms with Gasteiger partial charge in [0.2, 0.25) is 0 Å². The molecule has 0 saturated heterocycles. The molecule has 0 amide bonds. The minimum absolute atomic E-state index is 0.819. The van der Waals surface area contributed by atoms with Crippen molar-refractivity contribution in [3.63, 3.8) is 0 Å². The molecule has 23 heavy (non-hydrogen) atoms. The van der Waals surface area contributed by atoms with E-state index in [9.17, 15) is 0 Å². The first kappa shape index (κ1) is 15.7. The van der Waals surface area contributed by atoms with E-state index in [1.54, 1.807) is 22.3 Å². The van der Waals surface area contributed by atoms with Crippen LogP contribution in [0.15, 0.2) is 45.6 Å². The molecule has 1 heteroatoms. The summed E-state index contributed by atoms with van der Waals surface area (Å²) in [4.78, 5) is 0. The minimum atomic E-state index is -1.43. The molecule has 0 spiro atoms. The third-order valence-electron chi connectivity index (χ3n) is 7.01. The van der Waals surface area contributed by atoms with Crippen molar-refractivity contribution >= 4 is 8.07 Å². The summed E-state index contributed by atoms with van der Waals surface area (Å²) in [6.07, 6.45) is 16.3. The van der Waals surface area contributed by atoms with E-state index in [1.165, 1.54) is 51.4 Å². The normalized spacial score (nSPS) is 31.1. The first-order valence-electron chi connectivity index (χ1n) is 9.80. The summed E-state index contributed by atoms with van der Waals surface area (Å²) in [7, 11) is -1.43. The number of allylic oxidation sites excluding steroid dienone is 8. The Bertz CT molecular complexity index is 597. The lowest BCUT2D eigenvalue weighted by molar-refractivity contribution is 0.666. The fraction of sp³-hybridized carbons (Fsp3) is 0.636. The summed E-state index contributed by atoms with van der Waals surface area (Å²) in [6, 6.07) is 0. The molecule has 2 atom stereocenters. The summed E-state index contributed by atoms with van der Waals surface area (Å²) in [5, 5.41) is 0. The molecule has 0 N–H and O–H groups in total. The van der Waals surface area contributed by atoms with Crippen molar-refractivity contribution in [3.8, 4) is 0 Å². The van der Waals surface area contributed by atoms with Gasteiger partial charge in [0, 0.05) is 0 Å². The van der Waals surface area contributed by atoms with Crippen LogP contribution in [0.4, 0.5) is 0 Å². The Hall–Kier alpha value is -0.823. The van der Waals surface area contributed by atoms with Gasteiger partial charge in [0.15, 0.2) is 0 Å². The largest absolute Gasteiger partial charge is 0.0713 e. The highest BCUT2D eigenvalue weighted by Gasteiger charge is 2.48. The molecule has 4 aliphatic rings. The van der Waals surface area contributed by atoms with Crippen LogP contribution in [0.25, 0.3) is 0 Å². The van der Waals surface area contributed by atoms with Gasteiger partial charge in [0.1, 0.15) is 0 Å². The summed E-state index contributed by atoms with van der Waals surface area (Å²) >= 11 is 0. The average molecular weight is 325 g/mol. The van der Waals surface area contributed by atoms with Crippen LogP contribution in [-0.4, -0.2) is 8.07 Å². The van der Waals surface area contributed by atoms with Crippen LogP contribution >= 0.6 is 0 Å². The van der Waals surface area contributed by atoms with Crippen LogP contribution in [0.3, 0.4) is 0 Å². The van der Waals surface area contributed by atoms with Crippen molar-refractivity contribution in [1.82, 2.24) is 0 Å². The highest BCUT2D eigenvalue weighted by molar-refractivity contribution is 6.83. The van der Waals surface area contributed by atoms with Crippen molar-refractivity contribution < 1.29 is 0 Å². The van der Waals surface area contributed by atoms with Crippen LogP contribution in [0.5, 0.6) is 0 Å². The third-order valence-corrected chi connectivity index (χ3v) is 11.6. The molecule has 0 saturated carbocycles. The van der Waals surface area contributed by atoms with Crippen LogP contribution in [0.1, 0.15) is 65.2 Å². The van der Waals surface area contributed by atoms with Crippen LogP contribution in [-0.2, 0) is 0 Å². The van der Waals surface area contributed by atoms with Crippen molar-refractivity contribution in [1.29, 1.82) is 0 Å². The second-order valence-electron chi connectivity index (χ2n) is 8.98. The van der Waals surface area contributed by atoms with E-state index in [1.807, 2.05) is 11.1 Å². The molecule has 0 bridgehead atoms. The highest BCUT2D eigenvalue weighted by atomic mass is 28.3. The maximum absolute atomic E-state index is 2.70. The molecule has 0 aromatic carbocycles. The maximum Gasteiger partial charge on any atom is 0.0713 e. The maximum atomic E-state index is 2.70. The van der Waals surface area contributed by atoms with Crippen molar-refractivity contribution in [2.24, 2.45) is 0 Å². The lowest BCUT2D eigenvalue weighted by atomic mass is 9.93. The van der Waals surface area contributed by atoms with Gasteiger partial charge in [-0.2, -0.15) is 0 Å². The van der Waals surface area contributed by atoms with Gasteiger partial charge >= 0.3 is 0 Å². The summed E-state index contributed by atoms with van der Waals surface area (Å²) < 4.78 is 0. The standard InChI is InChI=1S/C22H32Si/c1-15-13-17-9-5-7-11-19(17)21(15)23(3,4)22-16(2)14-18-10-6-8-12-20(18)22/h13-14,21-22H,5-12H2,1-4H3/t21-,22-/m0/s1. The van der Waals surface area contributed by atoms with Crippen LogP contribution < -0.4 is 0 Å². The zero-order valence-corrected chi connectivity index (χ0v) is 16.5. The smallest absolute Gasteiger partial charge is 0.0686 e. The predicted molar refractivity (Wildman–Crippen MR) is 103 cm³/mol. The zero-order chi connectivity index (χ0) is 16.2. The summed E-state index contributed by atoms with van der Waals surface area (Å²) in [5.74, 6) is 0. The van der Waals surface area contributed by atoms with Crippen molar-refractivity contribution in [3.05, 3.63) is 45.6 Å². The van der Waals surface area contributed by atoms with Crippen LogP contribution in [0.2, 0.25) is 24.2 Å². The Balaban J connectivity index is 1.73. The molecule has 0 heterocycles. The van der Waals surface area contributed by atoms with Gasteiger partial charge in [-0.3, -0.25) is 0 Å². The molecule has 0 nitrogen and oxygen atoms in total. The minimum Gasteiger partial charge on any atom is -0.0686 e. The molecule has 0 fully saturated rings. The molecule has 0 aliphatic heterocycles. The van der Waals surface area contributed by atoms with E-state index in [0.717, 1.165) is 11.1 Å². The van der Waals surface area contributed by atoms with Gasteiger partial charge in [-0.25, -0.2) is 0 Å². The van der Waals surface area contributed by atoms with E-state index in [2.05, 4.69) is 39.1 Å². The SMILES string of the molecule is CC1=CC2=C(CCCC2)[C@H]1[Si](C)(C)[C@H]1C(C)=CC2=C1CCCC2. The Kier molecular flexibility index (Phi) is 3.83. The second kappa shape index (κ2) is 5.62. The molecule has 0 radical (unpaired) electrons. The van der Waals surface area contributed by atoms with Crippen LogP contribution in [0, 0.1) is 0 Å². The first-order valence-corrected chi connectivity index (χ1v) is 13.0. The quantitative estimate of drug-likeness (QED) is 0.475. The number of hydrogen-bond acceptors (Lipinski definition) is 0.